The molecule has 1 aliphatic rings. The predicted octanol–water partition coefficient (Wildman–Crippen LogP) is -1.97. The van der Waals surface area contributed by atoms with E-state index < -0.39 is 42.3 Å². The molecule has 2 atom stereocenters. The van der Waals surface area contributed by atoms with Crippen molar-refractivity contribution in [3.05, 3.63) is 0 Å². The van der Waals surface area contributed by atoms with E-state index in [4.69, 9.17) is 44.2 Å². The number of ether oxygens (including phenoxy) is 4. The van der Waals surface area contributed by atoms with Crippen LogP contribution in [0.15, 0.2) is 0 Å². The standard InChI is InChI=1S/C20H37N3O9.C5H9NO3.CH2O2/c1-2-22-3-7-29-11-13-31-9-5-23(6-10-32-14-12-30-8-4-22)16-18(24)21-17(20(27)28)15-19(25)26;1-2-4(5(8)9)6-3-7;2-1-3/h17H,2-16H2,1H3,(H,21,24)(H,25,26)(H,27,28);3-4H,2H2,1H3,(H,6,7)(H,8,9);1H,(H,2,3). The fourth-order valence-corrected chi connectivity index (χ4v) is 3.38. The molecule has 1 rings (SSSR count). The number of rotatable bonds is 11. The lowest BCUT2D eigenvalue weighted by atomic mass is 10.2. The van der Waals surface area contributed by atoms with Gasteiger partial charge in [0.1, 0.15) is 12.1 Å². The van der Waals surface area contributed by atoms with Crippen molar-refractivity contribution in [1.82, 2.24) is 20.4 Å². The minimum absolute atomic E-state index is 0.101. The molecule has 256 valence electrons. The molecule has 18 heteroatoms. The number of carbonyl (C=O) groups excluding carboxylic acids is 2. The Labute approximate surface area is 256 Å². The molecule has 2 unspecified atom stereocenters. The zero-order valence-electron chi connectivity index (χ0n) is 25.4. The number of aliphatic carboxylic acids is 3. The second-order valence-electron chi connectivity index (χ2n) is 8.91. The Kier molecular flexibility index (Phi) is 28.8. The lowest BCUT2D eigenvalue weighted by Gasteiger charge is -2.23. The molecule has 44 heavy (non-hydrogen) atoms. The fourth-order valence-electron chi connectivity index (χ4n) is 3.38. The number of likely N-dealkylation sites (N-methyl/N-ethyl adjacent to an activating group) is 1. The number of nitrogens with zero attached hydrogens (tertiary/aromatic N) is 2. The van der Waals surface area contributed by atoms with E-state index in [9.17, 15) is 24.0 Å². The highest BCUT2D eigenvalue weighted by Gasteiger charge is 2.24. The van der Waals surface area contributed by atoms with Crippen LogP contribution in [0.3, 0.4) is 0 Å². The molecule has 0 aliphatic carbocycles. The molecule has 0 spiro atoms. The third-order valence-electron chi connectivity index (χ3n) is 5.75. The van der Waals surface area contributed by atoms with E-state index in [-0.39, 0.29) is 13.0 Å². The van der Waals surface area contributed by atoms with Crippen LogP contribution in [0.5, 0.6) is 0 Å². The normalized spacial score (nSPS) is 17.7. The van der Waals surface area contributed by atoms with Gasteiger partial charge in [-0.25, -0.2) is 9.59 Å². The Hall–Kier alpha value is -3.42. The van der Waals surface area contributed by atoms with Crippen molar-refractivity contribution in [3.63, 3.8) is 0 Å². The van der Waals surface area contributed by atoms with Gasteiger partial charge < -0.3 is 50.0 Å². The van der Waals surface area contributed by atoms with Gasteiger partial charge in [-0.2, -0.15) is 0 Å². The zero-order chi connectivity index (χ0) is 33.6. The quantitative estimate of drug-likeness (QED) is 0.134. The molecular weight excluding hydrogens is 592 g/mol. The Morgan fingerprint density at radius 1 is 0.727 bits per heavy atom. The fraction of sp³-hybridized carbons (Fsp3) is 0.769. The second kappa shape index (κ2) is 29.6. The van der Waals surface area contributed by atoms with Crippen LogP contribution >= 0.6 is 0 Å². The molecule has 6 N–H and O–H groups in total. The van der Waals surface area contributed by atoms with Gasteiger partial charge in [-0.05, 0) is 13.0 Å². The molecule has 1 heterocycles. The summed E-state index contributed by atoms with van der Waals surface area (Å²) < 4.78 is 22.3. The molecule has 0 radical (unpaired) electrons. The van der Waals surface area contributed by atoms with Gasteiger partial charge in [0.15, 0.2) is 0 Å². The Morgan fingerprint density at radius 2 is 1.14 bits per heavy atom. The van der Waals surface area contributed by atoms with Gasteiger partial charge in [0.2, 0.25) is 12.3 Å². The predicted molar refractivity (Wildman–Crippen MR) is 153 cm³/mol. The van der Waals surface area contributed by atoms with E-state index in [1.54, 1.807) is 11.8 Å². The second-order valence-corrected chi connectivity index (χ2v) is 8.91. The van der Waals surface area contributed by atoms with Crippen LogP contribution in [0.4, 0.5) is 0 Å². The maximum atomic E-state index is 12.3. The highest BCUT2D eigenvalue weighted by atomic mass is 16.5. The highest BCUT2D eigenvalue weighted by Crippen LogP contribution is 1.97. The summed E-state index contributed by atoms with van der Waals surface area (Å²) in [4.78, 5) is 66.4. The first-order chi connectivity index (χ1) is 21.1. The van der Waals surface area contributed by atoms with Crippen molar-refractivity contribution < 1.29 is 68.1 Å². The van der Waals surface area contributed by atoms with Crippen molar-refractivity contribution in [2.45, 2.75) is 38.8 Å². The third kappa shape index (κ3) is 26.2. The first kappa shape index (κ1) is 42.7. The largest absolute Gasteiger partial charge is 0.483 e. The van der Waals surface area contributed by atoms with Gasteiger partial charge in [-0.3, -0.25) is 29.0 Å². The summed E-state index contributed by atoms with van der Waals surface area (Å²) >= 11 is 0. The smallest absolute Gasteiger partial charge is 0.326 e. The Balaban J connectivity index is 0. The first-order valence-electron chi connectivity index (χ1n) is 14.1. The van der Waals surface area contributed by atoms with E-state index in [1.807, 2.05) is 0 Å². The summed E-state index contributed by atoms with van der Waals surface area (Å²) in [6.07, 6.45) is 0.111. The van der Waals surface area contributed by atoms with E-state index in [2.05, 4.69) is 22.5 Å². The van der Waals surface area contributed by atoms with Gasteiger partial charge in [0, 0.05) is 26.2 Å². The van der Waals surface area contributed by atoms with Gasteiger partial charge in [-0.1, -0.05) is 13.8 Å². The van der Waals surface area contributed by atoms with Gasteiger partial charge in [0.25, 0.3) is 6.47 Å². The maximum absolute atomic E-state index is 12.3. The van der Waals surface area contributed by atoms with Crippen LogP contribution in [-0.4, -0.2) is 171 Å². The lowest BCUT2D eigenvalue weighted by Crippen LogP contribution is -2.47. The van der Waals surface area contributed by atoms with Crippen LogP contribution in [0.2, 0.25) is 0 Å². The minimum Gasteiger partial charge on any atom is -0.483 e. The lowest BCUT2D eigenvalue weighted by molar-refractivity contribution is -0.147. The highest BCUT2D eigenvalue weighted by molar-refractivity contribution is 5.87. The Bertz CT molecular complexity index is 785. The van der Waals surface area contributed by atoms with Crippen molar-refractivity contribution in [2.24, 2.45) is 0 Å². The summed E-state index contributed by atoms with van der Waals surface area (Å²) in [6.45, 7) is 10.5. The number of hydrogen-bond donors (Lipinski definition) is 6. The van der Waals surface area contributed by atoms with Crippen molar-refractivity contribution in [3.8, 4) is 0 Å². The SMILES string of the molecule is CCC(NC=O)C(=O)O.CCN1CCOCCOCCN(CC(=O)NC(CC(=O)O)C(=O)O)CCOCCOCC1.O=CO. The zero-order valence-corrected chi connectivity index (χ0v) is 25.4. The van der Waals surface area contributed by atoms with Gasteiger partial charge in [0.05, 0.1) is 65.8 Å². The molecule has 1 saturated heterocycles. The van der Waals surface area contributed by atoms with Crippen molar-refractivity contribution in [1.29, 1.82) is 0 Å². The molecular formula is C26H48N4O14. The molecule has 1 aliphatic heterocycles. The Morgan fingerprint density at radius 3 is 1.43 bits per heavy atom. The number of carboxylic acids is 3. The number of hydrogen-bond acceptors (Lipinski definition) is 12. The molecule has 0 bridgehead atoms. The van der Waals surface area contributed by atoms with Crippen molar-refractivity contribution in [2.75, 3.05) is 92.1 Å². The van der Waals surface area contributed by atoms with Crippen LogP contribution < -0.4 is 10.6 Å². The average Bonchev–Trinajstić information content (AvgIpc) is 2.96. The molecule has 0 saturated carbocycles. The van der Waals surface area contributed by atoms with Crippen LogP contribution in [0, 0.1) is 0 Å². The molecule has 0 aromatic rings. The van der Waals surface area contributed by atoms with E-state index in [0.29, 0.717) is 78.8 Å². The average molecular weight is 641 g/mol. The number of nitrogens with one attached hydrogen (secondary N) is 2. The van der Waals surface area contributed by atoms with E-state index in [0.717, 1.165) is 19.6 Å². The monoisotopic (exact) mass is 640 g/mol. The summed E-state index contributed by atoms with van der Waals surface area (Å²) in [7, 11) is 0. The van der Waals surface area contributed by atoms with Crippen LogP contribution in [0.25, 0.3) is 0 Å². The molecule has 2 amide bonds. The topological polar surface area (TPSA) is 251 Å². The van der Waals surface area contributed by atoms with E-state index >= 15 is 0 Å². The number of carbonyl (C=O) groups is 6. The summed E-state index contributed by atoms with van der Waals surface area (Å²) in [6, 6.07) is -2.21. The third-order valence-corrected chi connectivity index (χ3v) is 5.75. The summed E-state index contributed by atoms with van der Waals surface area (Å²) in [5, 5.41) is 37.5. The molecule has 18 nitrogen and oxygen atoms in total. The van der Waals surface area contributed by atoms with Gasteiger partial charge in [-0.15, -0.1) is 0 Å². The summed E-state index contributed by atoms with van der Waals surface area (Å²) in [5.41, 5.74) is 0. The van der Waals surface area contributed by atoms with Crippen LogP contribution in [-0.2, 0) is 47.7 Å². The molecule has 0 aromatic carbocycles. The van der Waals surface area contributed by atoms with Crippen LogP contribution in [0.1, 0.15) is 26.7 Å². The number of carboxylic acid groups (broad SMARTS) is 4. The molecule has 1 fully saturated rings. The summed E-state index contributed by atoms with van der Waals surface area (Å²) in [5.74, 6) is -4.27. The number of amides is 2. The van der Waals surface area contributed by atoms with Crippen molar-refractivity contribution >= 4 is 36.7 Å². The van der Waals surface area contributed by atoms with E-state index in [1.165, 1.54) is 0 Å². The van der Waals surface area contributed by atoms with Gasteiger partial charge >= 0.3 is 17.9 Å². The maximum Gasteiger partial charge on any atom is 0.326 e. The molecule has 0 aromatic heterocycles. The minimum atomic E-state index is -1.48. The first-order valence-corrected chi connectivity index (χ1v) is 14.1.